The number of halogens is 2. The largest absolute Gasteiger partial charge is 0.490 e. The summed E-state index contributed by atoms with van der Waals surface area (Å²) >= 11 is 2.15. The lowest BCUT2D eigenvalue weighted by atomic mass is 10.1. The van der Waals surface area contributed by atoms with Crippen LogP contribution in [0.5, 0.6) is 11.5 Å². The normalized spacial score (nSPS) is 10.6. The second-order valence-electron chi connectivity index (χ2n) is 5.46. The van der Waals surface area contributed by atoms with Crippen molar-refractivity contribution in [2.24, 2.45) is 5.10 Å². The van der Waals surface area contributed by atoms with Gasteiger partial charge in [-0.3, -0.25) is 4.79 Å². The Balaban J connectivity index is 2.03. The number of hydrogen-bond acceptors (Lipinski definition) is 4. The van der Waals surface area contributed by atoms with Gasteiger partial charge in [-0.15, -0.1) is 0 Å². The molecule has 0 aliphatic heterocycles. The lowest BCUT2D eigenvalue weighted by Gasteiger charge is -2.13. The molecule has 0 saturated carbocycles. The standard InChI is InChI=1S/C20H20FIN2O3/c1-3-9-27-20-17(22)10-15(11-18(20)26-4-2)13-23-24-19(25)12-14-5-7-16(21)8-6-14/h3,5-8,10-11,13H,1,4,9,12H2,2H3,(H,24,25)/b23-13+. The first-order valence-corrected chi connectivity index (χ1v) is 9.37. The van der Waals surface area contributed by atoms with Gasteiger partial charge in [0.1, 0.15) is 12.4 Å². The maximum atomic E-state index is 12.9. The Bertz CT molecular complexity index is 823. The molecule has 0 atom stereocenters. The van der Waals surface area contributed by atoms with Crippen LogP contribution in [0.2, 0.25) is 0 Å². The number of ether oxygens (including phenoxy) is 2. The molecule has 0 spiro atoms. The Labute approximate surface area is 171 Å². The lowest BCUT2D eigenvalue weighted by molar-refractivity contribution is -0.120. The van der Waals surface area contributed by atoms with E-state index in [9.17, 15) is 9.18 Å². The second-order valence-corrected chi connectivity index (χ2v) is 6.62. The van der Waals surface area contributed by atoms with Gasteiger partial charge in [-0.05, 0) is 64.9 Å². The Morgan fingerprint density at radius 2 is 2.04 bits per heavy atom. The number of nitrogens with one attached hydrogen (secondary N) is 1. The molecule has 0 bridgehead atoms. The van der Waals surface area contributed by atoms with E-state index in [2.05, 4.69) is 39.7 Å². The molecule has 0 aromatic heterocycles. The molecular weight excluding hydrogens is 462 g/mol. The highest BCUT2D eigenvalue weighted by molar-refractivity contribution is 14.1. The average molecular weight is 482 g/mol. The molecule has 0 fully saturated rings. The van der Waals surface area contributed by atoms with Gasteiger partial charge in [0.05, 0.1) is 22.8 Å². The van der Waals surface area contributed by atoms with Gasteiger partial charge in [-0.1, -0.05) is 24.8 Å². The van der Waals surface area contributed by atoms with Crippen molar-refractivity contribution in [2.45, 2.75) is 13.3 Å². The van der Waals surface area contributed by atoms with Gasteiger partial charge in [-0.25, -0.2) is 9.82 Å². The van der Waals surface area contributed by atoms with E-state index < -0.39 is 0 Å². The molecule has 7 heteroatoms. The zero-order valence-corrected chi connectivity index (χ0v) is 17.0. The van der Waals surface area contributed by atoms with Crippen LogP contribution in [0.15, 0.2) is 54.2 Å². The highest BCUT2D eigenvalue weighted by Gasteiger charge is 2.11. The summed E-state index contributed by atoms with van der Waals surface area (Å²) in [6, 6.07) is 9.43. The van der Waals surface area contributed by atoms with Gasteiger partial charge in [0, 0.05) is 0 Å². The summed E-state index contributed by atoms with van der Waals surface area (Å²) in [6.45, 7) is 6.40. The summed E-state index contributed by atoms with van der Waals surface area (Å²) in [5.41, 5.74) is 3.93. The number of carbonyl (C=O) groups is 1. The van der Waals surface area contributed by atoms with Crippen LogP contribution in [-0.4, -0.2) is 25.3 Å². The fourth-order valence-electron chi connectivity index (χ4n) is 2.21. The molecule has 0 saturated heterocycles. The van der Waals surface area contributed by atoms with Crippen LogP contribution >= 0.6 is 22.6 Å². The Hall–Kier alpha value is -2.42. The topological polar surface area (TPSA) is 59.9 Å². The summed E-state index contributed by atoms with van der Waals surface area (Å²) in [7, 11) is 0. The molecule has 0 radical (unpaired) electrons. The summed E-state index contributed by atoms with van der Waals surface area (Å²) in [5, 5.41) is 3.97. The predicted molar refractivity (Wildman–Crippen MR) is 112 cm³/mol. The number of hydrazone groups is 1. The van der Waals surface area contributed by atoms with Crippen LogP contribution < -0.4 is 14.9 Å². The molecule has 0 aliphatic rings. The highest BCUT2D eigenvalue weighted by atomic mass is 127. The highest BCUT2D eigenvalue weighted by Crippen LogP contribution is 2.33. The number of carbonyl (C=O) groups excluding carboxylic acids is 1. The smallest absolute Gasteiger partial charge is 0.244 e. The molecule has 0 unspecified atom stereocenters. The maximum Gasteiger partial charge on any atom is 0.244 e. The summed E-state index contributed by atoms with van der Waals surface area (Å²) in [6.07, 6.45) is 3.32. The van der Waals surface area contributed by atoms with Crippen LogP contribution in [-0.2, 0) is 11.2 Å². The second kappa shape index (κ2) is 10.7. The van der Waals surface area contributed by atoms with Gasteiger partial charge in [0.25, 0.3) is 0 Å². The monoisotopic (exact) mass is 482 g/mol. The molecule has 2 aromatic rings. The van der Waals surface area contributed by atoms with Crippen molar-refractivity contribution in [3.8, 4) is 11.5 Å². The minimum atomic E-state index is -0.336. The molecule has 0 heterocycles. The third-order valence-corrected chi connectivity index (χ3v) is 4.16. The van der Waals surface area contributed by atoms with Crippen molar-refractivity contribution in [1.29, 1.82) is 0 Å². The van der Waals surface area contributed by atoms with Crippen LogP contribution in [0.4, 0.5) is 4.39 Å². The Kier molecular flexibility index (Phi) is 8.25. The minimum Gasteiger partial charge on any atom is -0.490 e. The summed E-state index contributed by atoms with van der Waals surface area (Å²) in [4.78, 5) is 11.9. The van der Waals surface area contributed by atoms with Crippen molar-refractivity contribution >= 4 is 34.7 Å². The van der Waals surface area contributed by atoms with E-state index in [1.807, 2.05) is 13.0 Å². The van der Waals surface area contributed by atoms with Gasteiger partial charge in [0.2, 0.25) is 5.91 Å². The van der Waals surface area contributed by atoms with E-state index in [1.54, 1.807) is 24.3 Å². The summed E-state index contributed by atoms with van der Waals surface area (Å²) in [5.74, 6) is 0.626. The number of amides is 1. The fourth-order valence-corrected chi connectivity index (χ4v) is 2.99. The zero-order valence-electron chi connectivity index (χ0n) is 14.9. The molecule has 0 aliphatic carbocycles. The van der Waals surface area contributed by atoms with Crippen LogP contribution in [0.3, 0.4) is 0 Å². The van der Waals surface area contributed by atoms with E-state index in [-0.39, 0.29) is 18.1 Å². The Morgan fingerprint density at radius 1 is 1.30 bits per heavy atom. The van der Waals surface area contributed by atoms with Gasteiger partial charge in [-0.2, -0.15) is 5.10 Å². The first kappa shape index (κ1) is 20.9. The van der Waals surface area contributed by atoms with E-state index in [0.29, 0.717) is 30.3 Å². The first-order chi connectivity index (χ1) is 13.0. The molecule has 5 nitrogen and oxygen atoms in total. The van der Waals surface area contributed by atoms with Crippen molar-refractivity contribution in [3.63, 3.8) is 0 Å². The SMILES string of the molecule is C=CCOc1c(I)cc(/C=N/NC(=O)Cc2ccc(F)cc2)cc1OCC. The lowest BCUT2D eigenvalue weighted by Crippen LogP contribution is -2.19. The van der Waals surface area contributed by atoms with Crippen LogP contribution in [0, 0.1) is 9.39 Å². The van der Waals surface area contributed by atoms with Crippen molar-refractivity contribution < 1.29 is 18.7 Å². The van der Waals surface area contributed by atoms with Gasteiger partial charge >= 0.3 is 0 Å². The number of hydrogen-bond donors (Lipinski definition) is 1. The third-order valence-electron chi connectivity index (χ3n) is 3.36. The van der Waals surface area contributed by atoms with Crippen LogP contribution in [0.25, 0.3) is 0 Å². The maximum absolute atomic E-state index is 12.9. The molecule has 2 rings (SSSR count). The van der Waals surface area contributed by atoms with E-state index in [0.717, 1.165) is 9.13 Å². The fraction of sp³-hybridized carbons (Fsp3) is 0.200. The Morgan fingerprint density at radius 3 is 2.70 bits per heavy atom. The first-order valence-electron chi connectivity index (χ1n) is 8.29. The zero-order chi connectivity index (χ0) is 19.6. The number of benzene rings is 2. The quantitative estimate of drug-likeness (QED) is 0.254. The van der Waals surface area contributed by atoms with Crippen molar-refractivity contribution in [1.82, 2.24) is 5.43 Å². The molecule has 142 valence electrons. The third kappa shape index (κ3) is 6.67. The van der Waals surface area contributed by atoms with Gasteiger partial charge < -0.3 is 9.47 Å². The molecule has 1 amide bonds. The van der Waals surface area contributed by atoms with Crippen molar-refractivity contribution in [3.05, 3.63) is 69.6 Å². The average Bonchev–Trinajstić information content (AvgIpc) is 2.63. The number of nitrogens with zero attached hydrogens (tertiary/aromatic N) is 1. The van der Waals surface area contributed by atoms with E-state index in [1.165, 1.54) is 18.3 Å². The van der Waals surface area contributed by atoms with Crippen molar-refractivity contribution in [2.75, 3.05) is 13.2 Å². The molecule has 27 heavy (non-hydrogen) atoms. The van der Waals surface area contributed by atoms with Crippen LogP contribution in [0.1, 0.15) is 18.1 Å². The molecule has 1 N–H and O–H groups in total. The summed E-state index contributed by atoms with van der Waals surface area (Å²) < 4.78 is 25.0. The van der Waals surface area contributed by atoms with E-state index >= 15 is 0 Å². The molecule has 2 aromatic carbocycles. The van der Waals surface area contributed by atoms with E-state index in [4.69, 9.17) is 9.47 Å². The van der Waals surface area contributed by atoms with Gasteiger partial charge in [0.15, 0.2) is 11.5 Å². The number of rotatable bonds is 9. The molecular formula is C20H20FIN2O3. The minimum absolute atomic E-state index is 0.119. The predicted octanol–water partition coefficient (Wildman–Crippen LogP) is 4.09.